The molecule has 1 aromatic carbocycles. The third-order valence-electron chi connectivity index (χ3n) is 3.66. The van der Waals surface area contributed by atoms with E-state index < -0.39 is 11.9 Å². The number of nitrogen functional groups attached to an aromatic ring is 2. The Balaban J connectivity index is 2.23. The Hall–Kier alpha value is -2.35. The van der Waals surface area contributed by atoms with Gasteiger partial charge in [-0.2, -0.15) is 13.2 Å². The number of hydrogen-bond donors (Lipinski definition) is 2. The van der Waals surface area contributed by atoms with Crippen LogP contribution >= 0.6 is 15.9 Å². The molecule has 4 nitrogen and oxygen atoms in total. The number of fused-ring (bicyclic) bond motifs is 1. The lowest BCUT2D eigenvalue weighted by atomic mass is 10.0. The largest absolute Gasteiger partial charge is 0.433 e. The van der Waals surface area contributed by atoms with Crippen LogP contribution in [0.5, 0.6) is 0 Å². The molecule has 0 fully saturated rings. The van der Waals surface area contributed by atoms with Crippen LogP contribution in [-0.4, -0.2) is 9.97 Å². The highest BCUT2D eigenvalue weighted by Crippen LogP contribution is 2.37. The third kappa shape index (κ3) is 2.77. The maximum Gasteiger partial charge on any atom is 0.433 e. The first-order chi connectivity index (χ1) is 11.2. The van der Waals surface area contributed by atoms with Gasteiger partial charge in [-0.1, -0.05) is 15.9 Å². The average molecular weight is 397 g/mol. The van der Waals surface area contributed by atoms with Crippen LogP contribution in [0.4, 0.5) is 24.5 Å². The van der Waals surface area contributed by atoms with Crippen LogP contribution in [0.15, 0.2) is 34.8 Å². The van der Waals surface area contributed by atoms with Crippen molar-refractivity contribution < 1.29 is 13.2 Å². The Kier molecular flexibility index (Phi) is 3.87. The fourth-order valence-corrected chi connectivity index (χ4v) is 2.81. The molecule has 0 atom stereocenters. The summed E-state index contributed by atoms with van der Waals surface area (Å²) in [7, 11) is 0. The number of hydrogen-bond acceptors (Lipinski definition) is 4. The Morgan fingerprint density at radius 1 is 1.00 bits per heavy atom. The minimum Gasteiger partial charge on any atom is -0.396 e. The molecule has 3 rings (SSSR count). The molecule has 0 radical (unpaired) electrons. The van der Waals surface area contributed by atoms with Crippen LogP contribution in [-0.2, 0) is 6.18 Å². The summed E-state index contributed by atoms with van der Waals surface area (Å²) >= 11 is 3.35. The zero-order valence-electron chi connectivity index (χ0n) is 12.4. The van der Waals surface area contributed by atoms with Gasteiger partial charge in [-0.25, -0.2) is 9.97 Å². The highest BCUT2D eigenvalue weighted by Gasteiger charge is 2.33. The molecule has 124 valence electrons. The van der Waals surface area contributed by atoms with Crippen LogP contribution in [0.2, 0.25) is 0 Å². The van der Waals surface area contributed by atoms with Gasteiger partial charge in [0.05, 0.1) is 22.6 Å². The van der Waals surface area contributed by atoms with Crippen molar-refractivity contribution in [2.24, 2.45) is 0 Å². The fraction of sp³-hybridized carbons (Fsp3) is 0.125. The van der Waals surface area contributed by atoms with E-state index in [0.717, 1.165) is 10.5 Å². The molecule has 0 amide bonds. The normalized spacial score (nSPS) is 11.9. The van der Waals surface area contributed by atoms with Gasteiger partial charge in [0.1, 0.15) is 5.69 Å². The standard InChI is InChI=1S/C16H12BrF3N4/c1-7-9(3-5-12(23-7)16(18,19)20)15-14(22)13(21)10-6-8(17)2-4-11(10)24-15/h2-6H,22H2,1H3,(H2,21,24). The maximum atomic E-state index is 12.8. The van der Waals surface area contributed by atoms with Gasteiger partial charge in [0.15, 0.2) is 0 Å². The van der Waals surface area contributed by atoms with Gasteiger partial charge in [-0.15, -0.1) is 0 Å². The second kappa shape index (κ2) is 5.62. The van der Waals surface area contributed by atoms with Gasteiger partial charge in [-0.3, -0.25) is 0 Å². The second-order valence-corrected chi connectivity index (χ2v) is 6.19. The summed E-state index contributed by atoms with van der Waals surface area (Å²) in [5, 5.41) is 0.670. The number of aromatic nitrogens is 2. The molecule has 0 aliphatic carbocycles. The van der Waals surface area contributed by atoms with Crippen LogP contribution in [0.25, 0.3) is 22.2 Å². The smallest absolute Gasteiger partial charge is 0.396 e. The Labute approximate surface area is 143 Å². The SMILES string of the molecule is Cc1nc(C(F)(F)F)ccc1-c1nc2ccc(Br)cc2c(N)c1N. The minimum atomic E-state index is -4.50. The summed E-state index contributed by atoms with van der Waals surface area (Å²) in [5.74, 6) is 0. The number of aryl methyl sites for hydroxylation is 1. The van der Waals surface area contributed by atoms with Crippen molar-refractivity contribution in [2.45, 2.75) is 13.1 Å². The van der Waals surface area contributed by atoms with Gasteiger partial charge < -0.3 is 11.5 Å². The van der Waals surface area contributed by atoms with Gasteiger partial charge in [0.25, 0.3) is 0 Å². The summed E-state index contributed by atoms with van der Waals surface area (Å²) in [6.07, 6.45) is -4.50. The van der Waals surface area contributed by atoms with E-state index in [1.54, 1.807) is 18.2 Å². The predicted molar refractivity (Wildman–Crippen MR) is 91.2 cm³/mol. The number of nitrogens with zero attached hydrogens (tertiary/aromatic N) is 2. The van der Waals surface area contributed by atoms with E-state index in [2.05, 4.69) is 25.9 Å². The number of nitrogens with two attached hydrogens (primary N) is 2. The fourth-order valence-electron chi connectivity index (χ4n) is 2.45. The molecule has 0 bridgehead atoms. The van der Waals surface area contributed by atoms with Gasteiger partial charge in [-0.05, 0) is 37.3 Å². The predicted octanol–water partition coefficient (Wildman–Crippen LogP) is 4.55. The van der Waals surface area contributed by atoms with Crippen molar-refractivity contribution in [1.29, 1.82) is 0 Å². The van der Waals surface area contributed by atoms with Crippen molar-refractivity contribution in [2.75, 3.05) is 11.5 Å². The Morgan fingerprint density at radius 2 is 1.71 bits per heavy atom. The van der Waals surface area contributed by atoms with Crippen molar-refractivity contribution >= 4 is 38.2 Å². The number of rotatable bonds is 1. The van der Waals surface area contributed by atoms with Crippen LogP contribution in [0, 0.1) is 6.92 Å². The molecule has 0 unspecified atom stereocenters. The topological polar surface area (TPSA) is 77.8 Å². The number of alkyl halides is 3. The molecule has 24 heavy (non-hydrogen) atoms. The molecular formula is C16H12BrF3N4. The maximum absolute atomic E-state index is 12.8. The first-order valence-corrected chi connectivity index (χ1v) is 7.67. The molecule has 2 aromatic heterocycles. The van der Waals surface area contributed by atoms with Crippen LogP contribution in [0.3, 0.4) is 0 Å². The van der Waals surface area contributed by atoms with Crippen molar-refractivity contribution in [3.05, 3.63) is 46.2 Å². The summed E-state index contributed by atoms with van der Waals surface area (Å²) in [6.45, 7) is 1.48. The van der Waals surface area contributed by atoms with E-state index in [9.17, 15) is 13.2 Å². The zero-order valence-corrected chi connectivity index (χ0v) is 14.0. The third-order valence-corrected chi connectivity index (χ3v) is 4.15. The zero-order chi connectivity index (χ0) is 17.6. The van der Waals surface area contributed by atoms with E-state index in [1.807, 2.05) is 0 Å². The monoisotopic (exact) mass is 396 g/mol. The summed E-state index contributed by atoms with van der Waals surface area (Å²) in [4.78, 5) is 8.07. The molecule has 2 heterocycles. The molecule has 0 saturated heterocycles. The number of pyridine rings is 2. The Morgan fingerprint density at radius 3 is 2.33 bits per heavy atom. The van der Waals surface area contributed by atoms with Crippen molar-refractivity contribution in [3.63, 3.8) is 0 Å². The van der Waals surface area contributed by atoms with Gasteiger partial charge in [0.2, 0.25) is 0 Å². The summed E-state index contributed by atoms with van der Waals surface area (Å²) < 4.78 is 39.1. The number of benzene rings is 1. The second-order valence-electron chi connectivity index (χ2n) is 5.28. The molecular weight excluding hydrogens is 385 g/mol. The highest BCUT2D eigenvalue weighted by atomic mass is 79.9. The molecule has 4 N–H and O–H groups in total. The lowest BCUT2D eigenvalue weighted by molar-refractivity contribution is -0.141. The summed E-state index contributed by atoms with van der Waals surface area (Å²) in [6, 6.07) is 7.56. The molecule has 0 saturated carbocycles. The molecule has 8 heteroatoms. The van der Waals surface area contributed by atoms with E-state index in [0.29, 0.717) is 27.8 Å². The van der Waals surface area contributed by atoms with E-state index in [4.69, 9.17) is 11.5 Å². The van der Waals surface area contributed by atoms with Crippen LogP contribution < -0.4 is 11.5 Å². The molecule has 0 aliphatic heterocycles. The lowest BCUT2D eigenvalue weighted by Gasteiger charge is -2.14. The molecule has 0 spiro atoms. The minimum absolute atomic E-state index is 0.180. The van der Waals surface area contributed by atoms with E-state index in [1.165, 1.54) is 13.0 Å². The number of halogens is 4. The molecule has 0 aliphatic rings. The molecule has 3 aromatic rings. The quantitative estimate of drug-likeness (QED) is 0.632. The Bertz CT molecular complexity index is 954. The van der Waals surface area contributed by atoms with Crippen molar-refractivity contribution in [3.8, 4) is 11.3 Å². The highest BCUT2D eigenvalue weighted by molar-refractivity contribution is 9.10. The van der Waals surface area contributed by atoms with Crippen molar-refractivity contribution in [1.82, 2.24) is 9.97 Å². The average Bonchev–Trinajstić information content (AvgIpc) is 2.51. The van der Waals surface area contributed by atoms with E-state index >= 15 is 0 Å². The summed E-state index contributed by atoms with van der Waals surface area (Å²) in [5.41, 5.74) is 13.3. The number of anilines is 2. The van der Waals surface area contributed by atoms with Gasteiger partial charge in [0, 0.05) is 21.1 Å². The first-order valence-electron chi connectivity index (χ1n) is 6.88. The first kappa shape index (κ1) is 16.5. The lowest BCUT2D eigenvalue weighted by Crippen LogP contribution is -2.09. The van der Waals surface area contributed by atoms with E-state index in [-0.39, 0.29) is 11.4 Å². The van der Waals surface area contributed by atoms with Crippen LogP contribution in [0.1, 0.15) is 11.4 Å². The van der Waals surface area contributed by atoms with Gasteiger partial charge >= 0.3 is 6.18 Å².